The molecule has 7 nitrogen and oxygen atoms in total. The molecule has 0 spiro atoms. The van der Waals surface area contributed by atoms with Gasteiger partial charge in [0.1, 0.15) is 17.5 Å². The highest BCUT2D eigenvalue weighted by Gasteiger charge is 2.22. The molecule has 1 heterocycles. The normalized spacial score (nSPS) is 15.2. The SMILES string of the molecule is COC1=CC=C(N(C)c2cc(C#N)nc3ccccc23)CC1C#CCCC(=O)NO. The van der Waals surface area contributed by atoms with Crippen LogP contribution in [0.25, 0.3) is 10.9 Å². The van der Waals surface area contributed by atoms with Crippen molar-refractivity contribution in [3.8, 4) is 17.9 Å². The van der Waals surface area contributed by atoms with Crippen LogP contribution < -0.4 is 10.4 Å². The Bertz CT molecular complexity index is 1120. The van der Waals surface area contributed by atoms with E-state index in [2.05, 4.69) is 22.9 Å². The first-order chi connectivity index (χ1) is 14.6. The van der Waals surface area contributed by atoms with Gasteiger partial charge in [0.15, 0.2) is 0 Å². The van der Waals surface area contributed by atoms with Crippen LogP contribution in [0.15, 0.2) is 53.9 Å². The van der Waals surface area contributed by atoms with Crippen LogP contribution in [0.5, 0.6) is 0 Å². The highest BCUT2D eigenvalue weighted by atomic mass is 16.5. The van der Waals surface area contributed by atoms with Crippen molar-refractivity contribution in [3.05, 3.63) is 59.6 Å². The van der Waals surface area contributed by atoms with E-state index in [1.807, 2.05) is 48.4 Å². The molecule has 1 aliphatic carbocycles. The Hall–Kier alpha value is -3.81. The molecule has 7 heteroatoms. The number of nitriles is 1. The number of hydroxylamine groups is 1. The van der Waals surface area contributed by atoms with E-state index in [0.717, 1.165) is 28.0 Å². The minimum absolute atomic E-state index is 0.130. The zero-order chi connectivity index (χ0) is 21.5. The van der Waals surface area contributed by atoms with Crippen molar-refractivity contribution >= 4 is 22.5 Å². The molecule has 1 aromatic carbocycles. The number of allylic oxidation sites excluding steroid dienone is 4. The number of benzene rings is 1. The first-order valence-corrected chi connectivity index (χ1v) is 9.47. The Labute approximate surface area is 175 Å². The summed E-state index contributed by atoms with van der Waals surface area (Å²) >= 11 is 0. The molecule has 2 aromatic rings. The maximum Gasteiger partial charge on any atom is 0.244 e. The topological polar surface area (TPSA) is 98.5 Å². The molecule has 0 aliphatic heterocycles. The summed E-state index contributed by atoms with van der Waals surface area (Å²) in [5.74, 6) is 6.29. The lowest BCUT2D eigenvalue weighted by molar-refractivity contribution is -0.129. The van der Waals surface area contributed by atoms with Crippen LogP contribution in [0.2, 0.25) is 0 Å². The number of pyridine rings is 1. The van der Waals surface area contributed by atoms with Crippen LogP contribution in [0, 0.1) is 29.1 Å². The number of anilines is 1. The highest BCUT2D eigenvalue weighted by Crippen LogP contribution is 2.33. The van der Waals surface area contributed by atoms with Gasteiger partial charge in [0.2, 0.25) is 5.91 Å². The summed E-state index contributed by atoms with van der Waals surface area (Å²) in [6.45, 7) is 0. The maximum atomic E-state index is 11.1. The Kier molecular flexibility index (Phi) is 6.69. The number of amides is 1. The van der Waals surface area contributed by atoms with Gasteiger partial charge in [-0.3, -0.25) is 10.0 Å². The van der Waals surface area contributed by atoms with Crippen LogP contribution in [0.3, 0.4) is 0 Å². The zero-order valence-corrected chi connectivity index (χ0v) is 16.8. The van der Waals surface area contributed by atoms with Crippen LogP contribution >= 0.6 is 0 Å². The van der Waals surface area contributed by atoms with Crippen molar-refractivity contribution in [1.29, 1.82) is 5.26 Å². The van der Waals surface area contributed by atoms with Crippen LogP contribution in [0.4, 0.5) is 5.69 Å². The van der Waals surface area contributed by atoms with Crippen molar-refractivity contribution in [2.75, 3.05) is 19.1 Å². The fraction of sp³-hybridized carbons (Fsp3) is 0.261. The lowest BCUT2D eigenvalue weighted by atomic mass is 9.95. The van der Waals surface area contributed by atoms with Gasteiger partial charge in [-0.25, -0.2) is 10.5 Å². The van der Waals surface area contributed by atoms with Gasteiger partial charge in [-0.15, -0.1) is 5.92 Å². The van der Waals surface area contributed by atoms with Crippen molar-refractivity contribution in [3.63, 3.8) is 0 Å². The smallest absolute Gasteiger partial charge is 0.244 e. The number of methoxy groups -OCH3 is 1. The molecule has 0 saturated heterocycles. The lowest BCUT2D eigenvalue weighted by Crippen LogP contribution is -2.22. The van der Waals surface area contributed by atoms with Crippen molar-refractivity contribution in [2.24, 2.45) is 5.92 Å². The molecule has 30 heavy (non-hydrogen) atoms. The molecule has 0 saturated carbocycles. The van der Waals surface area contributed by atoms with E-state index in [0.29, 0.717) is 18.5 Å². The largest absolute Gasteiger partial charge is 0.500 e. The van der Waals surface area contributed by atoms with E-state index >= 15 is 0 Å². The molecular formula is C23H22N4O3. The van der Waals surface area contributed by atoms with Gasteiger partial charge >= 0.3 is 0 Å². The third kappa shape index (κ3) is 4.60. The maximum absolute atomic E-state index is 11.1. The predicted octanol–water partition coefficient (Wildman–Crippen LogP) is 3.27. The Morgan fingerprint density at radius 2 is 2.20 bits per heavy atom. The number of rotatable bonds is 5. The second-order valence-electron chi connectivity index (χ2n) is 6.76. The third-order valence-corrected chi connectivity index (χ3v) is 4.91. The molecule has 0 bridgehead atoms. The molecule has 1 atom stereocenters. The Morgan fingerprint density at radius 3 is 2.93 bits per heavy atom. The first kappa shape index (κ1) is 20.9. The fourth-order valence-corrected chi connectivity index (χ4v) is 3.33. The van der Waals surface area contributed by atoms with Crippen molar-refractivity contribution in [1.82, 2.24) is 10.5 Å². The molecule has 0 fully saturated rings. The quantitative estimate of drug-likeness (QED) is 0.453. The highest BCUT2D eigenvalue weighted by molar-refractivity contribution is 5.93. The van der Waals surface area contributed by atoms with Crippen molar-refractivity contribution in [2.45, 2.75) is 19.3 Å². The van der Waals surface area contributed by atoms with E-state index in [4.69, 9.17) is 9.94 Å². The number of nitrogens with zero attached hydrogens (tertiary/aromatic N) is 3. The van der Waals surface area contributed by atoms with Gasteiger partial charge in [-0.1, -0.05) is 24.1 Å². The van der Waals surface area contributed by atoms with Gasteiger partial charge in [0.25, 0.3) is 0 Å². The number of para-hydroxylation sites is 1. The van der Waals surface area contributed by atoms with Crippen LogP contribution in [0.1, 0.15) is 25.0 Å². The van der Waals surface area contributed by atoms with E-state index in [9.17, 15) is 10.1 Å². The average molecular weight is 402 g/mol. The van der Waals surface area contributed by atoms with Gasteiger partial charge < -0.3 is 9.64 Å². The lowest BCUT2D eigenvalue weighted by Gasteiger charge is -2.28. The summed E-state index contributed by atoms with van der Waals surface area (Å²) in [4.78, 5) is 17.6. The van der Waals surface area contributed by atoms with E-state index in [-0.39, 0.29) is 12.3 Å². The Balaban J connectivity index is 1.88. The number of carbonyl (C=O) groups excluding carboxylic acids is 1. The second-order valence-corrected chi connectivity index (χ2v) is 6.76. The number of ether oxygens (including phenoxy) is 1. The first-order valence-electron chi connectivity index (χ1n) is 9.47. The van der Waals surface area contributed by atoms with E-state index in [1.54, 1.807) is 18.7 Å². The number of nitrogens with one attached hydrogen (secondary N) is 1. The molecule has 1 unspecified atom stereocenters. The summed E-state index contributed by atoms with van der Waals surface area (Å²) in [5.41, 5.74) is 4.64. The summed E-state index contributed by atoms with van der Waals surface area (Å²) in [7, 11) is 3.56. The van der Waals surface area contributed by atoms with Crippen LogP contribution in [-0.2, 0) is 9.53 Å². The summed E-state index contributed by atoms with van der Waals surface area (Å²) in [6.07, 6.45) is 4.97. The molecule has 1 aromatic heterocycles. The minimum Gasteiger partial charge on any atom is -0.500 e. The molecule has 3 rings (SSSR count). The monoisotopic (exact) mass is 402 g/mol. The summed E-state index contributed by atoms with van der Waals surface area (Å²) in [6, 6.07) is 11.6. The van der Waals surface area contributed by atoms with Gasteiger partial charge in [0, 0.05) is 37.4 Å². The van der Waals surface area contributed by atoms with Gasteiger partial charge in [0.05, 0.1) is 24.2 Å². The summed E-state index contributed by atoms with van der Waals surface area (Å²) < 4.78 is 5.47. The molecule has 1 amide bonds. The second kappa shape index (κ2) is 9.60. The molecule has 1 aliphatic rings. The van der Waals surface area contributed by atoms with E-state index < -0.39 is 5.91 Å². The zero-order valence-electron chi connectivity index (χ0n) is 16.8. The molecule has 0 radical (unpaired) electrons. The van der Waals surface area contributed by atoms with Crippen molar-refractivity contribution < 1.29 is 14.7 Å². The third-order valence-electron chi connectivity index (χ3n) is 4.91. The van der Waals surface area contributed by atoms with Crippen LogP contribution in [-0.4, -0.2) is 30.3 Å². The van der Waals surface area contributed by atoms with Gasteiger partial charge in [-0.05, 0) is 24.3 Å². The van der Waals surface area contributed by atoms with Gasteiger partial charge in [-0.2, -0.15) is 5.26 Å². The molecule has 152 valence electrons. The Morgan fingerprint density at radius 1 is 1.40 bits per heavy atom. The number of carbonyl (C=O) groups is 1. The fourth-order valence-electron chi connectivity index (χ4n) is 3.33. The van der Waals surface area contributed by atoms with E-state index in [1.165, 1.54) is 0 Å². The number of fused-ring (bicyclic) bond motifs is 1. The number of hydrogen-bond donors (Lipinski definition) is 2. The molecule has 2 N–H and O–H groups in total. The number of aromatic nitrogens is 1. The minimum atomic E-state index is -0.464. The summed E-state index contributed by atoms with van der Waals surface area (Å²) in [5, 5.41) is 18.9. The predicted molar refractivity (Wildman–Crippen MR) is 113 cm³/mol. The molecular weight excluding hydrogens is 380 g/mol. The average Bonchev–Trinajstić information content (AvgIpc) is 2.80. The standard InChI is InChI=1S/C23H22N4O3/c1-27(21-14-17(15-24)25-20-9-5-4-8-19(20)21)18-11-12-22(30-2)16(13-18)7-3-6-10-23(28)26-29/h4-5,8-9,11-12,14,16,29H,6,10,13H2,1-2H3,(H,26,28). The number of hydrogen-bond acceptors (Lipinski definition) is 6.